The Kier molecular flexibility index (Phi) is 10.4. The Bertz CT molecular complexity index is 1640. The first kappa shape index (κ1) is 31.9. The lowest BCUT2D eigenvalue weighted by Gasteiger charge is -2.31. The van der Waals surface area contributed by atoms with E-state index in [1.807, 2.05) is 20.8 Å². The van der Waals surface area contributed by atoms with E-state index in [2.05, 4.69) is 15.0 Å². The topological polar surface area (TPSA) is 182 Å². The molecule has 0 saturated carbocycles. The smallest absolute Gasteiger partial charge is 0.294 e. The molecule has 2 aromatic heterocycles. The van der Waals surface area contributed by atoms with Gasteiger partial charge in [0.15, 0.2) is 0 Å². The first-order chi connectivity index (χ1) is 20.7. The summed E-state index contributed by atoms with van der Waals surface area (Å²) in [7, 11) is -3.90. The van der Waals surface area contributed by atoms with Gasteiger partial charge in [-0.3, -0.25) is 4.79 Å². The van der Waals surface area contributed by atoms with Crippen molar-refractivity contribution in [1.29, 1.82) is 0 Å². The predicted molar refractivity (Wildman–Crippen MR) is 160 cm³/mol. The molecular formula is C28H38N6O8S. The zero-order valence-electron chi connectivity index (χ0n) is 24.6. The third-order valence-corrected chi connectivity index (χ3v) is 9.54. The summed E-state index contributed by atoms with van der Waals surface area (Å²) >= 11 is 0. The van der Waals surface area contributed by atoms with E-state index in [0.717, 1.165) is 12.0 Å². The molecule has 0 aliphatic carbocycles. The molecule has 3 aromatic rings. The van der Waals surface area contributed by atoms with Crippen LogP contribution in [-0.2, 0) is 27.8 Å². The second-order valence-corrected chi connectivity index (χ2v) is 12.4. The van der Waals surface area contributed by atoms with Crippen molar-refractivity contribution in [3.63, 3.8) is 0 Å². The highest BCUT2D eigenvalue weighted by Crippen LogP contribution is 2.34. The van der Waals surface area contributed by atoms with Gasteiger partial charge in [0.05, 0.1) is 35.6 Å². The van der Waals surface area contributed by atoms with Gasteiger partial charge in [0.1, 0.15) is 22.6 Å². The van der Waals surface area contributed by atoms with Gasteiger partial charge in [-0.25, -0.2) is 13.4 Å². The summed E-state index contributed by atoms with van der Waals surface area (Å²) in [5, 5.41) is 22.1. The van der Waals surface area contributed by atoms with Crippen LogP contribution >= 0.6 is 0 Å². The number of nitrogens with zero attached hydrogens (tertiary/aromatic N) is 5. The maximum absolute atomic E-state index is 13.7. The summed E-state index contributed by atoms with van der Waals surface area (Å²) in [5.41, 5.74) is 2.07. The summed E-state index contributed by atoms with van der Waals surface area (Å²) in [6.07, 6.45) is 4.97. The van der Waals surface area contributed by atoms with Crippen molar-refractivity contribution in [1.82, 2.24) is 18.8 Å². The standard InChI is InChI=1S/C28H38N6O8S/c1-4-7-21-23(18-29-36)33(6-3)26-25(21)30-27(31-28(26)35)22-17-20(8-9-24(22)41-15-5-2)43(39,40)32-13-10-19(11-14-32)12-16-42-34(37)38/h8-9,17-19,36H,4-7,10-16H2,1-3H3,(H,30,31,35)/b29-18+. The third kappa shape index (κ3) is 6.82. The Balaban J connectivity index is 1.75. The van der Waals surface area contributed by atoms with Gasteiger partial charge in [0.25, 0.3) is 10.6 Å². The van der Waals surface area contributed by atoms with Crippen molar-refractivity contribution < 1.29 is 28.3 Å². The fourth-order valence-corrected chi connectivity index (χ4v) is 7.06. The Morgan fingerprint density at radius 1 is 1.21 bits per heavy atom. The summed E-state index contributed by atoms with van der Waals surface area (Å²) in [6, 6.07) is 4.55. The second-order valence-electron chi connectivity index (χ2n) is 10.4. The minimum atomic E-state index is -3.90. The van der Waals surface area contributed by atoms with Crippen molar-refractivity contribution in [3.8, 4) is 17.1 Å². The second kappa shape index (κ2) is 14.0. The van der Waals surface area contributed by atoms with E-state index in [9.17, 15) is 28.5 Å². The molecule has 0 unspecified atom stereocenters. The fraction of sp³-hybridized carbons (Fsp3) is 0.536. The van der Waals surface area contributed by atoms with Gasteiger partial charge in [0.2, 0.25) is 10.0 Å². The number of rotatable bonds is 14. The molecule has 1 fully saturated rings. The summed E-state index contributed by atoms with van der Waals surface area (Å²) < 4.78 is 36.5. The molecule has 0 amide bonds. The first-order valence-electron chi connectivity index (χ1n) is 14.5. The summed E-state index contributed by atoms with van der Waals surface area (Å²) in [6.45, 7) is 7.19. The summed E-state index contributed by atoms with van der Waals surface area (Å²) in [5.74, 6) is 0.682. The quantitative estimate of drug-likeness (QED) is 0.117. The molecule has 4 rings (SSSR count). The van der Waals surface area contributed by atoms with Gasteiger partial charge in [-0.1, -0.05) is 25.4 Å². The molecule has 0 atom stereocenters. The monoisotopic (exact) mass is 618 g/mol. The van der Waals surface area contributed by atoms with E-state index < -0.39 is 20.7 Å². The van der Waals surface area contributed by atoms with E-state index in [1.165, 1.54) is 22.7 Å². The number of fused-ring (bicyclic) bond motifs is 1. The van der Waals surface area contributed by atoms with E-state index in [0.29, 0.717) is 73.3 Å². The number of ether oxygens (including phenoxy) is 1. The molecule has 2 N–H and O–H groups in total. The van der Waals surface area contributed by atoms with Crippen molar-refractivity contribution in [2.75, 3.05) is 26.3 Å². The minimum Gasteiger partial charge on any atom is -0.493 e. The van der Waals surface area contributed by atoms with Gasteiger partial charge in [0, 0.05) is 25.2 Å². The molecule has 0 spiro atoms. The molecule has 1 saturated heterocycles. The van der Waals surface area contributed by atoms with E-state index in [-0.39, 0.29) is 36.3 Å². The highest BCUT2D eigenvalue weighted by Gasteiger charge is 2.31. The number of aryl methyl sites for hydroxylation is 2. The van der Waals surface area contributed by atoms with Crippen LogP contribution in [0.3, 0.4) is 0 Å². The molecule has 1 aliphatic heterocycles. The van der Waals surface area contributed by atoms with Crippen LogP contribution < -0.4 is 10.3 Å². The van der Waals surface area contributed by atoms with Gasteiger partial charge < -0.3 is 24.3 Å². The third-order valence-electron chi connectivity index (χ3n) is 7.65. The number of hydrogen-bond acceptors (Lipinski definition) is 10. The van der Waals surface area contributed by atoms with Crippen LogP contribution in [-0.4, -0.2) is 70.1 Å². The molecule has 0 bridgehead atoms. The number of sulfonamides is 1. The number of hydrogen-bond donors (Lipinski definition) is 2. The van der Waals surface area contributed by atoms with Crippen molar-refractivity contribution >= 4 is 27.3 Å². The van der Waals surface area contributed by atoms with Crippen LogP contribution in [0.4, 0.5) is 0 Å². The lowest BCUT2D eigenvalue weighted by Crippen LogP contribution is -2.38. The largest absolute Gasteiger partial charge is 0.493 e. The molecular weight excluding hydrogens is 580 g/mol. The van der Waals surface area contributed by atoms with Crippen LogP contribution in [0.2, 0.25) is 0 Å². The Morgan fingerprint density at radius 2 is 1.95 bits per heavy atom. The van der Waals surface area contributed by atoms with Gasteiger partial charge >= 0.3 is 0 Å². The number of piperidine rings is 1. The van der Waals surface area contributed by atoms with E-state index in [4.69, 9.17) is 9.72 Å². The van der Waals surface area contributed by atoms with Crippen LogP contribution in [0.1, 0.15) is 64.1 Å². The van der Waals surface area contributed by atoms with Crippen LogP contribution in [0.15, 0.2) is 33.0 Å². The van der Waals surface area contributed by atoms with Gasteiger partial charge in [-0.2, -0.15) is 4.31 Å². The van der Waals surface area contributed by atoms with Crippen molar-refractivity contribution in [3.05, 3.63) is 49.9 Å². The average molecular weight is 619 g/mol. The highest BCUT2D eigenvalue weighted by atomic mass is 32.2. The number of H-pyrrole nitrogens is 1. The van der Waals surface area contributed by atoms with Gasteiger partial charge in [-0.05, 0) is 63.1 Å². The van der Waals surface area contributed by atoms with E-state index >= 15 is 0 Å². The van der Waals surface area contributed by atoms with Crippen LogP contribution in [0.25, 0.3) is 22.4 Å². The zero-order valence-corrected chi connectivity index (χ0v) is 25.4. The maximum atomic E-state index is 13.7. The Hall–Kier alpha value is -3.98. The normalized spacial score (nSPS) is 15.0. The molecule has 3 heterocycles. The first-order valence-corrected chi connectivity index (χ1v) is 16.0. The maximum Gasteiger partial charge on any atom is 0.294 e. The molecule has 234 valence electrons. The average Bonchev–Trinajstić information content (AvgIpc) is 3.29. The SMILES string of the molecule is CCCOc1ccc(S(=O)(=O)N2CCC(CCO[N+](=O)[O-])CC2)cc1-c1nc2c(CCC)c(/C=N/O)n(CC)c2c(=O)[nH]1. The fourth-order valence-electron chi connectivity index (χ4n) is 5.56. The number of nitrogens with one attached hydrogen (secondary N) is 1. The predicted octanol–water partition coefficient (Wildman–Crippen LogP) is 3.96. The number of aromatic amines is 1. The van der Waals surface area contributed by atoms with Crippen LogP contribution in [0.5, 0.6) is 5.75 Å². The van der Waals surface area contributed by atoms with Crippen molar-refractivity contribution in [2.45, 2.75) is 70.7 Å². The van der Waals surface area contributed by atoms with E-state index in [1.54, 1.807) is 10.6 Å². The molecule has 1 aliphatic rings. The minimum absolute atomic E-state index is 0.0154. The number of benzene rings is 1. The lowest BCUT2D eigenvalue weighted by molar-refractivity contribution is -0.758. The highest BCUT2D eigenvalue weighted by molar-refractivity contribution is 7.89. The Morgan fingerprint density at radius 3 is 2.58 bits per heavy atom. The molecule has 0 radical (unpaired) electrons. The molecule has 1 aromatic carbocycles. The summed E-state index contributed by atoms with van der Waals surface area (Å²) in [4.78, 5) is 36.0. The van der Waals surface area contributed by atoms with Crippen molar-refractivity contribution in [2.24, 2.45) is 11.1 Å². The lowest BCUT2D eigenvalue weighted by atomic mass is 9.95. The number of aromatic nitrogens is 3. The Labute approximate surface area is 249 Å². The molecule has 14 nitrogen and oxygen atoms in total. The van der Waals surface area contributed by atoms with Crippen LogP contribution in [0, 0.1) is 16.0 Å². The zero-order chi connectivity index (χ0) is 31.1. The molecule has 43 heavy (non-hydrogen) atoms. The molecule has 15 heteroatoms. The van der Waals surface area contributed by atoms with Gasteiger partial charge in [-0.15, -0.1) is 10.1 Å². The number of oxime groups is 1.